The molecule has 0 aliphatic carbocycles. The van der Waals surface area contributed by atoms with Crippen molar-refractivity contribution >= 4 is 28.8 Å². The summed E-state index contributed by atoms with van der Waals surface area (Å²) in [5.41, 5.74) is 2.26. The highest BCUT2D eigenvalue weighted by Crippen LogP contribution is 2.32. The van der Waals surface area contributed by atoms with E-state index in [1.165, 1.54) is 15.8 Å². The highest BCUT2D eigenvalue weighted by molar-refractivity contribution is 7.09. The third-order valence-corrected chi connectivity index (χ3v) is 7.07. The third-order valence-electron chi connectivity index (χ3n) is 6.21. The number of imide groups is 1. The van der Waals surface area contributed by atoms with Crippen LogP contribution in [0.2, 0.25) is 0 Å². The van der Waals surface area contributed by atoms with E-state index in [2.05, 4.69) is 27.3 Å². The van der Waals surface area contributed by atoms with Gasteiger partial charge in [-0.05, 0) is 41.6 Å². The number of carbonyl (C=O) groups is 2. The molecule has 0 unspecified atom stereocenters. The van der Waals surface area contributed by atoms with E-state index in [0.29, 0.717) is 23.1 Å². The predicted molar refractivity (Wildman–Crippen MR) is 124 cm³/mol. The van der Waals surface area contributed by atoms with Gasteiger partial charge in [-0.3, -0.25) is 19.4 Å². The minimum absolute atomic E-state index is 0.168. The number of benzene rings is 2. The van der Waals surface area contributed by atoms with Crippen molar-refractivity contribution in [2.75, 3.05) is 37.6 Å². The Kier molecular flexibility index (Phi) is 5.76. The van der Waals surface area contributed by atoms with Gasteiger partial charge in [-0.2, -0.15) is 0 Å². The molecule has 164 valence electrons. The fourth-order valence-electron chi connectivity index (χ4n) is 4.49. The summed E-state index contributed by atoms with van der Waals surface area (Å²) in [5.74, 6) is -0.886. The van der Waals surface area contributed by atoms with Crippen LogP contribution in [0.3, 0.4) is 0 Å². The van der Waals surface area contributed by atoms with Gasteiger partial charge in [-0.25, -0.2) is 4.39 Å². The number of anilines is 1. The maximum absolute atomic E-state index is 14.0. The molecule has 0 atom stereocenters. The van der Waals surface area contributed by atoms with Gasteiger partial charge in [0, 0.05) is 44.1 Å². The molecule has 0 spiro atoms. The van der Waals surface area contributed by atoms with Crippen molar-refractivity contribution in [3.8, 4) is 0 Å². The Morgan fingerprint density at radius 2 is 1.69 bits per heavy atom. The highest BCUT2D eigenvalue weighted by atomic mass is 32.1. The molecule has 2 amide bonds. The molecule has 1 saturated heterocycles. The number of hydrogen-bond acceptors (Lipinski definition) is 5. The number of fused-ring (bicyclic) bond motifs is 1. The topological polar surface area (TPSA) is 43.9 Å². The Bertz CT molecular complexity index is 1140. The van der Waals surface area contributed by atoms with Gasteiger partial charge in [0.1, 0.15) is 5.82 Å². The van der Waals surface area contributed by atoms with Crippen LogP contribution < -0.4 is 4.90 Å². The van der Waals surface area contributed by atoms with Crippen molar-refractivity contribution < 1.29 is 14.0 Å². The smallest absolute Gasteiger partial charge is 0.263 e. The first kappa shape index (κ1) is 20.8. The zero-order chi connectivity index (χ0) is 22.1. The Hall–Kier alpha value is -3.03. The van der Waals surface area contributed by atoms with E-state index in [1.807, 2.05) is 12.1 Å². The zero-order valence-electron chi connectivity index (χ0n) is 17.7. The molecular weight excluding hydrogens is 425 g/mol. The lowest BCUT2D eigenvalue weighted by Gasteiger charge is -2.36. The number of nitrogens with zero attached hydrogens (tertiary/aromatic N) is 3. The summed E-state index contributed by atoms with van der Waals surface area (Å²) in [6.07, 6.45) is 0.300. The van der Waals surface area contributed by atoms with Gasteiger partial charge in [0.25, 0.3) is 11.8 Å². The predicted octanol–water partition coefficient (Wildman–Crippen LogP) is 4.05. The summed E-state index contributed by atoms with van der Waals surface area (Å²) in [7, 11) is 0. The van der Waals surface area contributed by atoms with Crippen LogP contribution >= 0.6 is 11.3 Å². The molecule has 5 nitrogen and oxygen atoms in total. The molecule has 5 rings (SSSR count). The van der Waals surface area contributed by atoms with E-state index >= 15 is 0 Å². The van der Waals surface area contributed by atoms with Crippen LogP contribution in [0.25, 0.3) is 0 Å². The van der Waals surface area contributed by atoms with E-state index in [4.69, 9.17) is 0 Å². The van der Waals surface area contributed by atoms with Gasteiger partial charge < -0.3 is 4.90 Å². The maximum Gasteiger partial charge on any atom is 0.263 e. The van der Waals surface area contributed by atoms with Crippen LogP contribution in [0.1, 0.15) is 31.2 Å². The molecule has 3 heterocycles. The minimum Gasteiger partial charge on any atom is -0.368 e. The molecule has 0 saturated carbocycles. The molecular formula is C25H24FN3O2S. The molecule has 7 heteroatoms. The van der Waals surface area contributed by atoms with E-state index in [9.17, 15) is 14.0 Å². The standard InChI is InChI=1S/C25H24FN3O2S/c26-21-8-2-1-5-18(21)10-11-29-24(30)20-7-3-9-22(23(20)25(29)31)28-14-12-27(13-15-28)17-19-6-4-16-32-19/h1-9,16H,10-15,17H2. The summed E-state index contributed by atoms with van der Waals surface area (Å²) in [4.78, 5) is 33.4. The number of halogens is 1. The van der Waals surface area contributed by atoms with Crippen LogP contribution in [-0.2, 0) is 13.0 Å². The summed E-state index contributed by atoms with van der Waals surface area (Å²) in [5, 5.41) is 2.10. The lowest BCUT2D eigenvalue weighted by molar-refractivity contribution is 0.0656. The van der Waals surface area contributed by atoms with E-state index < -0.39 is 0 Å². The second-order valence-corrected chi connectivity index (χ2v) is 9.18. The molecule has 2 aliphatic rings. The monoisotopic (exact) mass is 449 g/mol. The SMILES string of the molecule is O=C1c2cccc(N3CCN(Cc4cccs4)CC3)c2C(=O)N1CCc1ccccc1F. The second kappa shape index (κ2) is 8.84. The van der Waals surface area contributed by atoms with Gasteiger partial charge in [0.2, 0.25) is 0 Å². The highest BCUT2D eigenvalue weighted by Gasteiger charge is 2.38. The molecule has 0 N–H and O–H groups in total. The fraction of sp³-hybridized carbons (Fsp3) is 0.280. The number of piperazine rings is 1. The summed E-state index contributed by atoms with van der Waals surface area (Å²) < 4.78 is 14.0. The van der Waals surface area contributed by atoms with Crippen LogP contribution in [0, 0.1) is 5.82 Å². The first-order chi connectivity index (χ1) is 15.6. The fourth-order valence-corrected chi connectivity index (χ4v) is 5.23. The average Bonchev–Trinajstić information content (AvgIpc) is 3.41. The normalized spacial score (nSPS) is 16.7. The average molecular weight is 450 g/mol. The number of hydrogen-bond donors (Lipinski definition) is 0. The minimum atomic E-state index is -0.315. The molecule has 2 aliphatic heterocycles. The first-order valence-electron chi connectivity index (χ1n) is 10.8. The molecule has 1 aromatic heterocycles. The molecule has 3 aromatic rings. The summed E-state index contributed by atoms with van der Waals surface area (Å²) in [6, 6.07) is 16.2. The number of rotatable bonds is 6. The number of thiophene rings is 1. The molecule has 0 bridgehead atoms. The van der Waals surface area contributed by atoms with Gasteiger partial charge >= 0.3 is 0 Å². The van der Waals surface area contributed by atoms with Crippen molar-refractivity contribution in [2.45, 2.75) is 13.0 Å². The summed E-state index contributed by atoms with van der Waals surface area (Å²) in [6.45, 7) is 4.53. The van der Waals surface area contributed by atoms with E-state index in [0.717, 1.165) is 38.4 Å². The van der Waals surface area contributed by atoms with Crippen LogP contribution in [0.4, 0.5) is 10.1 Å². The molecule has 32 heavy (non-hydrogen) atoms. The van der Waals surface area contributed by atoms with Gasteiger partial charge in [-0.1, -0.05) is 30.3 Å². The van der Waals surface area contributed by atoms with Gasteiger partial charge in [-0.15, -0.1) is 11.3 Å². The lowest BCUT2D eigenvalue weighted by Crippen LogP contribution is -2.46. The summed E-state index contributed by atoms with van der Waals surface area (Å²) >= 11 is 1.77. The second-order valence-electron chi connectivity index (χ2n) is 8.15. The van der Waals surface area contributed by atoms with Gasteiger partial charge in [0.15, 0.2) is 0 Å². The molecule has 0 radical (unpaired) electrons. The van der Waals surface area contributed by atoms with E-state index in [1.54, 1.807) is 35.6 Å². The van der Waals surface area contributed by atoms with E-state index in [-0.39, 0.29) is 24.2 Å². The Morgan fingerprint density at radius 1 is 0.875 bits per heavy atom. The van der Waals surface area contributed by atoms with Crippen molar-refractivity contribution in [1.29, 1.82) is 0 Å². The van der Waals surface area contributed by atoms with Crippen LogP contribution in [-0.4, -0.2) is 54.3 Å². The molecule has 1 fully saturated rings. The number of amides is 2. The van der Waals surface area contributed by atoms with Crippen LogP contribution in [0.15, 0.2) is 60.0 Å². The third kappa shape index (κ3) is 3.94. The lowest BCUT2D eigenvalue weighted by atomic mass is 10.1. The van der Waals surface area contributed by atoms with Crippen molar-refractivity contribution in [3.05, 3.63) is 87.4 Å². The Labute approximate surface area is 190 Å². The Balaban J connectivity index is 1.29. The number of carbonyl (C=O) groups excluding carboxylic acids is 2. The van der Waals surface area contributed by atoms with Crippen molar-refractivity contribution in [3.63, 3.8) is 0 Å². The van der Waals surface area contributed by atoms with Gasteiger partial charge in [0.05, 0.1) is 16.8 Å². The molecule has 2 aromatic carbocycles. The quantitative estimate of drug-likeness (QED) is 0.533. The van der Waals surface area contributed by atoms with Crippen molar-refractivity contribution in [1.82, 2.24) is 9.80 Å². The maximum atomic E-state index is 14.0. The first-order valence-corrected chi connectivity index (χ1v) is 11.7. The Morgan fingerprint density at radius 3 is 2.44 bits per heavy atom. The van der Waals surface area contributed by atoms with Crippen molar-refractivity contribution in [2.24, 2.45) is 0 Å². The van der Waals surface area contributed by atoms with Crippen LogP contribution in [0.5, 0.6) is 0 Å². The largest absolute Gasteiger partial charge is 0.368 e. The zero-order valence-corrected chi connectivity index (χ0v) is 18.5.